The Balaban J connectivity index is 1.23. The molecule has 36 heavy (non-hydrogen) atoms. The molecule has 0 bridgehead atoms. The van der Waals surface area contributed by atoms with Gasteiger partial charge in [0.25, 0.3) is 0 Å². The average Bonchev–Trinajstić information content (AvgIpc) is 2.92. The number of halogens is 1. The number of aromatic nitrogens is 3. The van der Waals surface area contributed by atoms with E-state index in [0.717, 1.165) is 43.6 Å². The number of nitrogens with zero attached hydrogens (tertiary/aromatic N) is 3. The summed E-state index contributed by atoms with van der Waals surface area (Å²) in [5.41, 5.74) is 3.37. The molecule has 1 aliphatic carbocycles. The van der Waals surface area contributed by atoms with Crippen LogP contribution < -0.4 is 20.1 Å². The Hall–Kier alpha value is -3.04. The first kappa shape index (κ1) is 24.6. The fraction of sp³-hybridized carbons (Fsp3) is 0.519. The number of pyridine rings is 3. The lowest BCUT2D eigenvalue weighted by atomic mass is 9.72. The lowest BCUT2D eigenvalue weighted by molar-refractivity contribution is -0.0611. The minimum atomic E-state index is -0.339. The van der Waals surface area contributed by atoms with E-state index in [1.807, 2.05) is 18.2 Å². The third kappa shape index (κ3) is 5.08. The summed E-state index contributed by atoms with van der Waals surface area (Å²) in [5, 5.41) is 7.02. The summed E-state index contributed by atoms with van der Waals surface area (Å²) in [7, 11) is 3.32. The van der Waals surface area contributed by atoms with Gasteiger partial charge in [-0.3, -0.25) is 4.98 Å². The van der Waals surface area contributed by atoms with Crippen molar-refractivity contribution in [2.24, 2.45) is 0 Å². The van der Waals surface area contributed by atoms with E-state index >= 15 is 0 Å². The maximum atomic E-state index is 14.8. The van der Waals surface area contributed by atoms with Crippen LogP contribution in [0.15, 0.2) is 30.5 Å². The van der Waals surface area contributed by atoms with E-state index < -0.39 is 0 Å². The van der Waals surface area contributed by atoms with Crippen molar-refractivity contribution in [3.8, 4) is 11.8 Å². The summed E-state index contributed by atoms with van der Waals surface area (Å²) in [4.78, 5) is 13.3. The van der Waals surface area contributed by atoms with E-state index in [9.17, 15) is 4.39 Å². The molecule has 2 N–H and O–H groups in total. The van der Waals surface area contributed by atoms with Crippen LogP contribution in [0, 0.1) is 5.82 Å². The molecule has 1 fully saturated rings. The molecular weight excluding hydrogens is 461 g/mol. The summed E-state index contributed by atoms with van der Waals surface area (Å²) < 4.78 is 31.8. The molecule has 1 saturated carbocycles. The van der Waals surface area contributed by atoms with E-state index in [1.165, 1.54) is 6.20 Å². The van der Waals surface area contributed by atoms with Crippen molar-refractivity contribution in [1.29, 1.82) is 0 Å². The molecule has 0 amide bonds. The number of hydrogen-bond acceptors (Lipinski definition) is 8. The Morgan fingerprint density at radius 2 is 1.94 bits per heavy atom. The van der Waals surface area contributed by atoms with Gasteiger partial charge in [-0.2, -0.15) is 0 Å². The van der Waals surface area contributed by atoms with Gasteiger partial charge in [0.2, 0.25) is 11.8 Å². The fourth-order valence-corrected chi connectivity index (χ4v) is 5.23. The molecule has 3 aromatic rings. The number of ether oxygens (including phenoxy) is 3. The van der Waals surface area contributed by atoms with Crippen molar-refractivity contribution in [3.05, 3.63) is 47.5 Å². The molecule has 0 spiro atoms. The Morgan fingerprint density at radius 3 is 2.72 bits per heavy atom. The van der Waals surface area contributed by atoms with Crippen molar-refractivity contribution in [2.75, 3.05) is 32.7 Å². The number of nitrogens with one attached hydrogen (secondary N) is 2. The highest BCUT2D eigenvalue weighted by atomic mass is 19.1. The smallest absolute Gasteiger partial charge is 0.237 e. The van der Waals surface area contributed by atoms with Crippen LogP contribution in [-0.2, 0) is 17.7 Å². The lowest BCUT2D eigenvalue weighted by Gasteiger charge is -2.45. The molecule has 0 aromatic carbocycles. The van der Waals surface area contributed by atoms with Crippen molar-refractivity contribution >= 4 is 16.7 Å². The number of anilines is 1. The fourth-order valence-electron chi connectivity index (χ4n) is 5.23. The zero-order valence-electron chi connectivity index (χ0n) is 21.2. The monoisotopic (exact) mass is 495 g/mol. The van der Waals surface area contributed by atoms with Gasteiger partial charge >= 0.3 is 0 Å². The van der Waals surface area contributed by atoms with Gasteiger partial charge in [-0.15, -0.1) is 0 Å². The molecule has 9 heteroatoms. The van der Waals surface area contributed by atoms with Crippen LogP contribution in [-0.4, -0.2) is 53.5 Å². The molecule has 0 radical (unpaired) electrons. The molecule has 0 saturated heterocycles. The number of methoxy groups -OCH3 is 2. The van der Waals surface area contributed by atoms with Crippen molar-refractivity contribution in [3.63, 3.8) is 0 Å². The van der Waals surface area contributed by atoms with Gasteiger partial charge in [0.05, 0.1) is 41.3 Å². The van der Waals surface area contributed by atoms with Gasteiger partial charge < -0.3 is 24.8 Å². The Morgan fingerprint density at radius 1 is 1.11 bits per heavy atom. The molecule has 4 heterocycles. The van der Waals surface area contributed by atoms with Crippen LogP contribution in [0.3, 0.4) is 0 Å². The van der Waals surface area contributed by atoms with Crippen LogP contribution in [0.2, 0.25) is 0 Å². The Bertz CT molecular complexity index is 1230. The highest BCUT2D eigenvalue weighted by molar-refractivity contribution is 5.78. The zero-order valence-corrected chi connectivity index (χ0v) is 21.2. The van der Waals surface area contributed by atoms with E-state index in [4.69, 9.17) is 14.2 Å². The number of fused-ring (bicyclic) bond motifs is 2. The molecule has 0 atom stereocenters. The SMILES string of the molecule is COc1ccc2ncc(F)c(CCC3(OC)CCC(C)(NCc4ccc5c(n4)OCCN5)CC3)c2n1. The lowest BCUT2D eigenvalue weighted by Crippen LogP contribution is -2.50. The van der Waals surface area contributed by atoms with Gasteiger partial charge in [-0.1, -0.05) is 0 Å². The predicted molar refractivity (Wildman–Crippen MR) is 136 cm³/mol. The number of rotatable bonds is 8. The second-order valence-corrected chi connectivity index (χ2v) is 10.0. The van der Waals surface area contributed by atoms with Crippen LogP contribution in [0.4, 0.5) is 10.1 Å². The summed E-state index contributed by atoms with van der Waals surface area (Å²) in [6.07, 6.45) is 6.20. The van der Waals surface area contributed by atoms with Crippen LogP contribution in [0.25, 0.3) is 11.0 Å². The quantitative estimate of drug-likeness (QED) is 0.475. The third-order valence-corrected chi connectivity index (χ3v) is 7.75. The van der Waals surface area contributed by atoms with E-state index in [1.54, 1.807) is 20.3 Å². The van der Waals surface area contributed by atoms with Crippen LogP contribution in [0.1, 0.15) is 50.3 Å². The van der Waals surface area contributed by atoms with E-state index in [-0.39, 0.29) is 17.0 Å². The van der Waals surface area contributed by atoms with Gasteiger partial charge in [0.1, 0.15) is 12.4 Å². The highest BCUT2D eigenvalue weighted by Crippen LogP contribution is 2.40. The third-order valence-electron chi connectivity index (χ3n) is 7.75. The van der Waals surface area contributed by atoms with Crippen LogP contribution in [0.5, 0.6) is 11.8 Å². The second-order valence-electron chi connectivity index (χ2n) is 10.0. The first-order valence-electron chi connectivity index (χ1n) is 12.6. The molecule has 0 unspecified atom stereocenters. The molecule has 192 valence electrons. The molecular formula is C27H34FN5O3. The normalized spacial score (nSPS) is 23.6. The first-order valence-corrected chi connectivity index (χ1v) is 12.6. The topological polar surface area (TPSA) is 90.4 Å². The molecule has 8 nitrogen and oxygen atoms in total. The van der Waals surface area contributed by atoms with Gasteiger partial charge in [-0.25, -0.2) is 14.4 Å². The van der Waals surface area contributed by atoms with Crippen molar-refractivity contribution in [2.45, 2.75) is 63.1 Å². The minimum absolute atomic E-state index is 0.0255. The van der Waals surface area contributed by atoms with Gasteiger partial charge in [0.15, 0.2) is 0 Å². The molecule has 2 aliphatic rings. The Labute approximate surface area is 211 Å². The molecule has 3 aromatic heterocycles. The van der Waals surface area contributed by atoms with Gasteiger partial charge in [-0.05, 0) is 63.6 Å². The highest BCUT2D eigenvalue weighted by Gasteiger charge is 2.40. The predicted octanol–water partition coefficient (Wildman–Crippen LogP) is 4.42. The standard InChI is InChI=1S/C27H34FN5O3/c1-26(31-16-18-4-5-22-25(32-18)36-15-14-29-22)10-12-27(35-3,13-11-26)9-8-19-20(28)17-30-21-6-7-23(34-2)33-24(19)21/h4-7,17,29,31H,8-16H2,1-3H3. The summed E-state index contributed by atoms with van der Waals surface area (Å²) in [6, 6.07) is 7.63. The summed E-state index contributed by atoms with van der Waals surface area (Å²) in [6.45, 7) is 4.38. The second kappa shape index (κ2) is 10.1. The minimum Gasteiger partial charge on any atom is -0.481 e. The average molecular weight is 496 g/mol. The van der Waals surface area contributed by atoms with E-state index in [2.05, 4.69) is 32.5 Å². The number of hydrogen-bond donors (Lipinski definition) is 2. The first-order chi connectivity index (χ1) is 17.4. The summed E-state index contributed by atoms with van der Waals surface area (Å²) in [5.74, 6) is 0.789. The van der Waals surface area contributed by atoms with E-state index in [0.29, 0.717) is 54.4 Å². The molecule has 1 aliphatic heterocycles. The van der Waals surface area contributed by atoms with Crippen LogP contribution >= 0.6 is 0 Å². The molecule has 5 rings (SSSR count). The maximum Gasteiger partial charge on any atom is 0.237 e. The Kier molecular flexibility index (Phi) is 6.94. The summed E-state index contributed by atoms with van der Waals surface area (Å²) >= 11 is 0. The van der Waals surface area contributed by atoms with Gasteiger partial charge in [0, 0.05) is 37.4 Å². The largest absolute Gasteiger partial charge is 0.481 e. The van der Waals surface area contributed by atoms with Crippen molar-refractivity contribution < 1.29 is 18.6 Å². The maximum absolute atomic E-state index is 14.8. The zero-order chi connectivity index (χ0) is 25.2. The number of aryl methyl sites for hydroxylation is 1. The van der Waals surface area contributed by atoms with Crippen molar-refractivity contribution in [1.82, 2.24) is 20.3 Å².